The lowest BCUT2D eigenvalue weighted by molar-refractivity contribution is 0.0709. The second-order valence-electron chi connectivity index (χ2n) is 6.67. The van der Waals surface area contributed by atoms with E-state index in [0.717, 1.165) is 19.3 Å². The summed E-state index contributed by atoms with van der Waals surface area (Å²) in [5.74, 6) is 0.372. The Hall–Kier alpha value is -2.11. The highest BCUT2D eigenvalue weighted by Gasteiger charge is 2.26. The van der Waals surface area contributed by atoms with E-state index in [1.54, 1.807) is 11.8 Å². The zero-order valence-electron chi connectivity index (χ0n) is 14.9. The maximum atomic E-state index is 12.7. The van der Waals surface area contributed by atoms with E-state index in [-0.39, 0.29) is 29.9 Å². The van der Waals surface area contributed by atoms with Crippen LogP contribution in [0.25, 0.3) is 0 Å². The number of likely N-dealkylation sites (tertiary alicyclic amines) is 1. The van der Waals surface area contributed by atoms with Crippen LogP contribution in [-0.2, 0) is 12.8 Å². The summed E-state index contributed by atoms with van der Waals surface area (Å²) in [6.07, 6.45) is 2.96. The van der Waals surface area contributed by atoms with Crippen molar-refractivity contribution in [2.75, 3.05) is 13.1 Å². The molecule has 6 heteroatoms. The molecule has 3 rings (SSSR count). The normalized spacial score (nSPS) is 14.8. The Morgan fingerprint density at radius 2 is 1.85 bits per heavy atom. The quantitative estimate of drug-likeness (QED) is 0.890. The molecule has 1 saturated heterocycles. The highest BCUT2D eigenvalue weighted by Crippen LogP contribution is 2.15. The van der Waals surface area contributed by atoms with Crippen LogP contribution in [0.5, 0.6) is 0 Å². The summed E-state index contributed by atoms with van der Waals surface area (Å²) < 4.78 is 5.42. The first-order chi connectivity index (χ1) is 12.0. The Balaban J connectivity index is 0.00000243. The van der Waals surface area contributed by atoms with Gasteiger partial charge in [0.15, 0.2) is 0 Å². The van der Waals surface area contributed by atoms with Gasteiger partial charge in [0.1, 0.15) is 11.3 Å². The number of nitrogens with zero attached hydrogens (tertiary/aromatic N) is 1. The Labute approximate surface area is 159 Å². The molecule has 1 amide bonds. The zero-order chi connectivity index (χ0) is 17.8. The summed E-state index contributed by atoms with van der Waals surface area (Å²) >= 11 is 0. The van der Waals surface area contributed by atoms with Crippen LogP contribution in [0.3, 0.4) is 0 Å². The van der Waals surface area contributed by atoms with Gasteiger partial charge in [0, 0.05) is 25.6 Å². The molecule has 1 aromatic heterocycles. The first kappa shape index (κ1) is 20.2. The predicted octanol–water partition coefficient (Wildman–Crippen LogP) is 2.72. The van der Waals surface area contributed by atoms with E-state index in [2.05, 4.69) is 0 Å². The smallest absolute Gasteiger partial charge is 0.349 e. The summed E-state index contributed by atoms with van der Waals surface area (Å²) in [5, 5.41) is 0. The highest BCUT2D eigenvalue weighted by molar-refractivity contribution is 5.95. The fraction of sp³-hybridized carbons (Fsp3) is 0.400. The van der Waals surface area contributed by atoms with E-state index in [1.807, 2.05) is 36.4 Å². The van der Waals surface area contributed by atoms with Crippen LogP contribution < -0.4 is 11.4 Å². The molecule has 1 fully saturated rings. The average Bonchev–Trinajstić information content (AvgIpc) is 2.61. The third kappa shape index (κ3) is 4.74. The van der Waals surface area contributed by atoms with Crippen LogP contribution in [0.2, 0.25) is 0 Å². The Bertz CT molecular complexity index is 796. The van der Waals surface area contributed by atoms with Gasteiger partial charge in [0.25, 0.3) is 5.91 Å². The molecule has 26 heavy (non-hydrogen) atoms. The molecule has 5 nitrogen and oxygen atoms in total. The van der Waals surface area contributed by atoms with Crippen LogP contribution >= 0.6 is 12.4 Å². The monoisotopic (exact) mass is 376 g/mol. The molecule has 1 aliphatic heterocycles. The molecule has 0 aliphatic carbocycles. The summed E-state index contributed by atoms with van der Waals surface area (Å²) in [6.45, 7) is 2.98. The maximum Gasteiger partial charge on any atom is 0.349 e. The number of aryl methyl sites for hydroxylation is 3. The van der Waals surface area contributed by atoms with Gasteiger partial charge < -0.3 is 15.1 Å². The fourth-order valence-electron chi connectivity index (χ4n) is 3.23. The van der Waals surface area contributed by atoms with E-state index in [9.17, 15) is 9.59 Å². The molecule has 0 spiro atoms. The molecule has 0 saturated carbocycles. The largest absolute Gasteiger partial charge is 0.427 e. The molecule has 0 bridgehead atoms. The summed E-state index contributed by atoms with van der Waals surface area (Å²) in [6, 6.07) is 12.0. The minimum absolute atomic E-state index is 0. The van der Waals surface area contributed by atoms with Gasteiger partial charge in [0.05, 0.1) is 0 Å². The van der Waals surface area contributed by atoms with E-state index in [4.69, 9.17) is 10.2 Å². The maximum absolute atomic E-state index is 12.7. The number of hydrogen-bond donors (Lipinski definition) is 1. The average molecular weight is 377 g/mol. The molecule has 2 heterocycles. The molecule has 1 aliphatic rings. The Kier molecular flexibility index (Phi) is 7.00. The van der Waals surface area contributed by atoms with Gasteiger partial charge in [-0.15, -0.1) is 12.4 Å². The van der Waals surface area contributed by atoms with Gasteiger partial charge in [-0.05, 0) is 43.4 Å². The van der Waals surface area contributed by atoms with Crippen LogP contribution in [0.1, 0.15) is 40.1 Å². The van der Waals surface area contributed by atoms with Crippen molar-refractivity contribution in [3.8, 4) is 0 Å². The lowest BCUT2D eigenvalue weighted by Crippen LogP contribution is -2.44. The Morgan fingerprint density at radius 1 is 1.19 bits per heavy atom. The lowest BCUT2D eigenvalue weighted by Gasteiger charge is -2.30. The summed E-state index contributed by atoms with van der Waals surface area (Å²) in [7, 11) is 0. The number of piperidine rings is 1. The topological polar surface area (TPSA) is 76.5 Å². The lowest BCUT2D eigenvalue weighted by atomic mass is 10.0. The van der Waals surface area contributed by atoms with E-state index >= 15 is 0 Å². The standard InChI is InChI=1S/C20H24N2O3.ClH/c1-14-13-17(8-7-15-5-3-2-4-6-15)25-20(24)18(14)19(23)22-11-9-16(21)10-12-22;/h2-6,13,16H,7-12,21H2,1H3;1H. The van der Waals surface area contributed by atoms with Crippen LogP contribution in [0, 0.1) is 6.92 Å². The second-order valence-corrected chi connectivity index (χ2v) is 6.67. The van der Waals surface area contributed by atoms with Crippen molar-refractivity contribution in [2.45, 2.75) is 38.6 Å². The van der Waals surface area contributed by atoms with Crippen molar-refractivity contribution in [1.82, 2.24) is 4.90 Å². The molecule has 0 unspecified atom stereocenters. The van der Waals surface area contributed by atoms with E-state index < -0.39 is 5.63 Å². The molecule has 2 aromatic rings. The highest BCUT2D eigenvalue weighted by atomic mass is 35.5. The predicted molar refractivity (Wildman–Crippen MR) is 104 cm³/mol. The molecule has 2 N–H and O–H groups in total. The second kappa shape index (κ2) is 9.01. The number of benzene rings is 1. The molecule has 140 valence electrons. The van der Waals surface area contributed by atoms with E-state index in [1.165, 1.54) is 5.56 Å². The van der Waals surface area contributed by atoms with Crippen LogP contribution in [0.15, 0.2) is 45.6 Å². The van der Waals surface area contributed by atoms with Crippen LogP contribution in [0.4, 0.5) is 0 Å². The molecular formula is C20H25ClN2O3. The summed E-state index contributed by atoms with van der Waals surface area (Å²) in [4.78, 5) is 26.7. The number of hydrogen-bond acceptors (Lipinski definition) is 4. The van der Waals surface area contributed by atoms with Gasteiger partial charge in [-0.1, -0.05) is 30.3 Å². The first-order valence-electron chi connectivity index (χ1n) is 8.77. The van der Waals surface area contributed by atoms with Gasteiger partial charge in [0.2, 0.25) is 0 Å². The number of amides is 1. The van der Waals surface area contributed by atoms with Crippen molar-refractivity contribution < 1.29 is 9.21 Å². The van der Waals surface area contributed by atoms with Crippen molar-refractivity contribution >= 4 is 18.3 Å². The Morgan fingerprint density at radius 3 is 2.46 bits per heavy atom. The first-order valence-corrected chi connectivity index (χ1v) is 8.77. The van der Waals surface area contributed by atoms with E-state index in [0.29, 0.717) is 30.8 Å². The zero-order valence-corrected chi connectivity index (χ0v) is 15.8. The number of halogens is 1. The van der Waals surface area contributed by atoms with Gasteiger partial charge in [-0.25, -0.2) is 4.79 Å². The van der Waals surface area contributed by atoms with Gasteiger partial charge >= 0.3 is 5.63 Å². The summed E-state index contributed by atoms with van der Waals surface area (Å²) in [5.41, 5.74) is 7.36. The number of carbonyl (C=O) groups excluding carboxylic acids is 1. The molecule has 1 aromatic carbocycles. The number of carbonyl (C=O) groups is 1. The molecule has 0 radical (unpaired) electrons. The fourth-order valence-corrected chi connectivity index (χ4v) is 3.23. The third-order valence-electron chi connectivity index (χ3n) is 4.74. The molecule has 0 atom stereocenters. The van der Waals surface area contributed by atoms with Crippen molar-refractivity contribution in [3.05, 3.63) is 69.3 Å². The van der Waals surface area contributed by atoms with Gasteiger partial charge in [-0.3, -0.25) is 4.79 Å². The third-order valence-corrected chi connectivity index (χ3v) is 4.74. The number of nitrogens with two attached hydrogens (primary N) is 1. The number of rotatable bonds is 4. The van der Waals surface area contributed by atoms with Gasteiger partial charge in [-0.2, -0.15) is 0 Å². The minimum Gasteiger partial charge on any atom is -0.427 e. The molecular weight excluding hydrogens is 352 g/mol. The van der Waals surface area contributed by atoms with Crippen molar-refractivity contribution in [1.29, 1.82) is 0 Å². The van der Waals surface area contributed by atoms with Crippen molar-refractivity contribution in [3.63, 3.8) is 0 Å². The SMILES string of the molecule is Cc1cc(CCc2ccccc2)oc(=O)c1C(=O)N1CCC(N)CC1.Cl. The van der Waals surface area contributed by atoms with Crippen molar-refractivity contribution in [2.24, 2.45) is 5.73 Å². The van der Waals surface area contributed by atoms with Crippen LogP contribution in [-0.4, -0.2) is 29.9 Å². The minimum atomic E-state index is -0.539.